The summed E-state index contributed by atoms with van der Waals surface area (Å²) in [7, 11) is 0. The largest absolute Gasteiger partial charge is 0.487 e. The molecule has 6 nitrogen and oxygen atoms in total. The van der Waals surface area contributed by atoms with Gasteiger partial charge in [0.05, 0.1) is 11.5 Å². The van der Waals surface area contributed by atoms with Gasteiger partial charge in [-0.2, -0.15) is 0 Å². The molecule has 0 aliphatic carbocycles. The highest BCUT2D eigenvalue weighted by molar-refractivity contribution is 5.70. The van der Waals surface area contributed by atoms with E-state index in [1.165, 1.54) is 0 Å². The van der Waals surface area contributed by atoms with Crippen molar-refractivity contribution in [3.63, 3.8) is 0 Å². The lowest BCUT2D eigenvalue weighted by molar-refractivity contribution is -0.385. The highest BCUT2D eigenvalue weighted by atomic mass is 16.6. The first-order valence-corrected chi connectivity index (χ1v) is 7.51. The number of anilines is 1. The van der Waals surface area contributed by atoms with E-state index in [4.69, 9.17) is 4.74 Å². The number of nitro groups is 1. The van der Waals surface area contributed by atoms with Crippen molar-refractivity contribution >= 4 is 11.4 Å². The third-order valence-corrected chi connectivity index (χ3v) is 4.70. The van der Waals surface area contributed by atoms with Crippen molar-refractivity contribution in [2.75, 3.05) is 31.1 Å². The van der Waals surface area contributed by atoms with E-state index in [0.717, 1.165) is 19.6 Å². The lowest BCUT2D eigenvalue weighted by Crippen LogP contribution is -2.33. The molecule has 1 N–H and O–H groups in total. The van der Waals surface area contributed by atoms with Crippen molar-refractivity contribution in [2.24, 2.45) is 11.8 Å². The minimum atomic E-state index is -0.320. The second-order valence-corrected chi connectivity index (χ2v) is 5.79. The fourth-order valence-electron chi connectivity index (χ4n) is 3.68. The Morgan fingerprint density at radius 2 is 2.29 bits per heavy atom. The smallest absolute Gasteiger partial charge is 0.333 e. The van der Waals surface area contributed by atoms with Gasteiger partial charge in [-0.15, -0.1) is 0 Å². The molecule has 3 unspecified atom stereocenters. The number of rotatable bonds is 4. The Bertz CT molecular complexity index is 549. The lowest BCUT2D eigenvalue weighted by Gasteiger charge is -2.26. The third-order valence-electron chi connectivity index (χ3n) is 4.70. The molecule has 0 aromatic heterocycles. The summed E-state index contributed by atoms with van der Waals surface area (Å²) in [5.74, 6) is 1.51. The van der Waals surface area contributed by atoms with Gasteiger partial charge in [-0.3, -0.25) is 10.1 Å². The number of nitrogens with one attached hydrogen (secondary N) is 1. The zero-order valence-corrected chi connectivity index (χ0v) is 12.4. The van der Waals surface area contributed by atoms with Gasteiger partial charge in [-0.05, 0) is 37.8 Å². The summed E-state index contributed by atoms with van der Waals surface area (Å²) < 4.78 is 5.45. The maximum atomic E-state index is 11.5. The van der Waals surface area contributed by atoms with Crippen LogP contribution in [-0.2, 0) is 0 Å². The van der Waals surface area contributed by atoms with Crippen molar-refractivity contribution < 1.29 is 9.66 Å². The van der Waals surface area contributed by atoms with Gasteiger partial charge in [-0.1, -0.05) is 6.07 Å². The van der Waals surface area contributed by atoms with E-state index in [-0.39, 0.29) is 10.6 Å². The zero-order chi connectivity index (χ0) is 15.0. The molecule has 1 aromatic rings. The minimum Gasteiger partial charge on any atom is -0.487 e. The topological polar surface area (TPSA) is 67.6 Å². The van der Waals surface area contributed by atoms with Gasteiger partial charge in [0.25, 0.3) is 0 Å². The zero-order valence-electron chi connectivity index (χ0n) is 12.4. The molecule has 0 amide bonds. The summed E-state index contributed by atoms with van der Waals surface area (Å²) in [6.45, 7) is 7.30. The van der Waals surface area contributed by atoms with E-state index in [1.54, 1.807) is 6.07 Å². The molecule has 2 saturated heterocycles. The van der Waals surface area contributed by atoms with Gasteiger partial charge in [0.1, 0.15) is 5.69 Å². The highest BCUT2D eigenvalue weighted by Crippen LogP contribution is 2.43. The normalized spacial score (nSPS) is 27.7. The average molecular weight is 291 g/mol. The van der Waals surface area contributed by atoms with Crippen LogP contribution in [0.2, 0.25) is 0 Å². The van der Waals surface area contributed by atoms with Crippen LogP contribution in [0, 0.1) is 22.0 Å². The molecule has 3 rings (SSSR count). The molecule has 3 atom stereocenters. The molecule has 0 spiro atoms. The number of para-hydroxylation sites is 1. The molecule has 0 radical (unpaired) electrons. The maximum absolute atomic E-state index is 11.5. The Morgan fingerprint density at radius 1 is 1.48 bits per heavy atom. The molecular formula is C15H21N3O3. The molecule has 6 heteroatoms. The van der Waals surface area contributed by atoms with Crippen LogP contribution < -0.4 is 15.0 Å². The summed E-state index contributed by atoms with van der Waals surface area (Å²) in [6.07, 6.45) is 0. The van der Waals surface area contributed by atoms with Crippen molar-refractivity contribution in [1.29, 1.82) is 0 Å². The molecule has 21 heavy (non-hydrogen) atoms. The van der Waals surface area contributed by atoms with Gasteiger partial charge in [0, 0.05) is 25.7 Å². The third kappa shape index (κ3) is 2.33. The minimum absolute atomic E-state index is 0.0964. The molecule has 0 saturated carbocycles. The number of hydrogen-bond donors (Lipinski definition) is 1. The van der Waals surface area contributed by atoms with Crippen molar-refractivity contribution in [3.05, 3.63) is 28.3 Å². The maximum Gasteiger partial charge on any atom is 0.333 e. The molecule has 2 aliphatic heterocycles. The quantitative estimate of drug-likeness (QED) is 0.679. The molecule has 2 fully saturated rings. The van der Waals surface area contributed by atoms with Crippen molar-refractivity contribution in [2.45, 2.75) is 19.9 Å². The highest BCUT2D eigenvalue weighted by Gasteiger charge is 2.43. The summed E-state index contributed by atoms with van der Waals surface area (Å²) >= 11 is 0. The summed E-state index contributed by atoms with van der Waals surface area (Å²) in [5, 5.41) is 14.9. The fraction of sp³-hybridized carbons (Fsp3) is 0.600. The Morgan fingerprint density at radius 3 is 2.95 bits per heavy atom. The number of benzene rings is 1. The standard InChI is InChI=1S/C15H21N3O3/c1-3-21-14-6-4-5-13(15(14)18(19)20)17-9-11-7-16-8-12(11)10(17)2/h4-6,10-12,16H,3,7-9H2,1-2H3. The van der Waals surface area contributed by atoms with Crippen LogP contribution in [-0.4, -0.2) is 37.2 Å². The number of hydrogen-bond acceptors (Lipinski definition) is 5. The first kappa shape index (κ1) is 14.1. The van der Waals surface area contributed by atoms with E-state index in [0.29, 0.717) is 35.9 Å². The molecule has 0 bridgehead atoms. The summed E-state index contributed by atoms with van der Waals surface area (Å²) in [4.78, 5) is 13.4. The number of nitro benzene ring substituents is 1. The van der Waals surface area contributed by atoms with E-state index in [9.17, 15) is 10.1 Å². The molecule has 2 heterocycles. The average Bonchev–Trinajstić information content (AvgIpc) is 3.02. The van der Waals surface area contributed by atoms with Gasteiger partial charge >= 0.3 is 5.69 Å². The molecule has 2 aliphatic rings. The first-order chi connectivity index (χ1) is 10.1. The van der Waals surface area contributed by atoms with Gasteiger partial charge in [-0.25, -0.2) is 0 Å². The molecule has 114 valence electrons. The van der Waals surface area contributed by atoms with Crippen LogP contribution in [0.3, 0.4) is 0 Å². The van der Waals surface area contributed by atoms with E-state index in [2.05, 4.69) is 17.1 Å². The SMILES string of the molecule is CCOc1cccc(N2CC3CNCC3C2C)c1[N+](=O)[O-]. The van der Waals surface area contributed by atoms with Crippen molar-refractivity contribution in [3.8, 4) is 5.75 Å². The van der Waals surface area contributed by atoms with E-state index in [1.807, 2.05) is 19.1 Å². The fourth-order valence-corrected chi connectivity index (χ4v) is 3.68. The van der Waals surface area contributed by atoms with Crippen LogP contribution in [0.5, 0.6) is 5.75 Å². The van der Waals surface area contributed by atoms with Gasteiger partial charge in [0.2, 0.25) is 0 Å². The lowest BCUT2D eigenvalue weighted by atomic mass is 9.95. The van der Waals surface area contributed by atoms with Crippen LogP contribution in [0.15, 0.2) is 18.2 Å². The number of nitrogens with zero attached hydrogens (tertiary/aromatic N) is 2. The van der Waals surface area contributed by atoms with Crippen LogP contribution in [0.1, 0.15) is 13.8 Å². The van der Waals surface area contributed by atoms with Crippen LogP contribution in [0.4, 0.5) is 11.4 Å². The Labute approximate surface area is 124 Å². The Hall–Kier alpha value is -1.82. The van der Waals surface area contributed by atoms with Crippen molar-refractivity contribution in [1.82, 2.24) is 5.32 Å². The van der Waals surface area contributed by atoms with E-state index >= 15 is 0 Å². The second kappa shape index (κ2) is 5.52. The molecular weight excluding hydrogens is 270 g/mol. The summed E-state index contributed by atoms with van der Waals surface area (Å²) in [6, 6.07) is 5.66. The first-order valence-electron chi connectivity index (χ1n) is 7.51. The van der Waals surface area contributed by atoms with Crippen LogP contribution in [0.25, 0.3) is 0 Å². The molecule has 1 aromatic carbocycles. The predicted octanol–water partition coefficient (Wildman–Crippen LogP) is 2.04. The Balaban J connectivity index is 1.98. The van der Waals surface area contributed by atoms with Gasteiger partial charge < -0.3 is 15.0 Å². The van der Waals surface area contributed by atoms with E-state index < -0.39 is 0 Å². The monoisotopic (exact) mass is 291 g/mol. The Kier molecular flexibility index (Phi) is 3.71. The van der Waals surface area contributed by atoms with Crippen LogP contribution >= 0.6 is 0 Å². The summed E-state index contributed by atoms with van der Waals surface area (Å²) in [5.41, 5.74) is 0.784. The second-order valence-electron chi connectivity index (χ2n) is 5.79. The number of ether oxygens (including phenoxy) is 1. The van der Waals surface area contributed by atoms with Gasteiger partial charge in [0.15, 0.2) is 5.75 Å². The predicted molar refractivity (Wildman–Crippen MR) is 80.9 cm³/mol. The number of fused-ring (bicyclic) bond motifs is 1.